The van der Waals surface area contributed by atoms with Crippen LogP contribution in [-0.4, -0.2) is 32.4 Å². The minimum atomic E-state index is -3.48. The van der Waals surface area contributed by atoms with Gasteiger partial charge < -0.3 is 0 Å². The molecule has 0 aromatic heterocycles. The van der Waals surface area contributed by atoms with E-state index in [-0.39, 0.29) is 11.5 Å². The van der Waals surface area contributed by atoms with Crippen molar-refractivity contribution in [3.63, 3.8) is 0 Å². The second-order valence-corrected chi connectivity index (χ2v) is 9.04. The van der Waals surface area contributed by atoms with Crippen molar-refractivity contribution in [2.45, 2.75) is 24.9 Å². The molecule has 78 valence electrons. The van der Waals surface area contributed by atoms with Gasteiger partial charge in [0.1, 0.15) is 0 Å². The third-order valence-corrected chi connectivity index (χ3v) is 9.58. The second-order valence-electron chi connectivity index (χ2n) is 3.81. The normalized spacial score (nSPS) is 29.2. The highest BCUT2D eigenvalue weighted by atomic mass is 32.3. The molecule has 1 aliphatic heterocycles. The lowest BCUT2D eigenvalue weighted by molar-refractivity contribution is 0.500. The van der Waals surface area contributed by atoms with Gasteiger partial charge in [-0.3, -0.25) is 0 Å². The van der Waals surface area contributed by atoms with Crippen molar-refractivity contribution in [2.24, 2.45) is 5.92 Å². The van der Waals surface area contributed by atoms with Gasteiger partial charge in [0.2, 0.25) is 0 Å². The van der Waals surface area contributed by atoms with E-state index in [0.717, 1.165) is 0 Å². The smallest absolute Gasteiger partial charge is 0.172 e. The van der Waals surface area contributed by atoms with Gasteiger partial charge in [0.25, 0.3) is 0 Å². The van der Waals surface area contributed by atoms with Crippen LogP contribution in [0, 0.1) is 5.92 Å². The maximum atomic E-state index is 11.6. The van der Waals surface area contributed by atoms with Crippen LogP contribution in [0.5, 0.6) is 0 Å². The monoisotopic (exact) mass is 226 g/mol. The van der Waals surface area contributed by atoms with Crippen molar-refractivity contribution in [2.75, 3.05) is 11.5 Å². The van der Waals surface area contributed by atoms with Crippen LogP contribution < -0.4 is 0 Å². The Morgan fingerprint density at radius 2 is 1.31 bits per heavy atom. The molecule has 0 saturated carbocycles. The molecule has 0 radical (unpaired) electrons. The third kappa shape index (κ3) is 1.22. The zero-order valence-corrected chi connectivity index (χ0v) is 9.57. The van der Waals surface area contributed by atoms with E-state index in [0.29, 0.717) is 0 Å². The first kappa shape index (κ1) is 11.0. The van der Waals surface area contributed by atoms with Crippen molar-refractivity contribution in [1.29, 1.82) is 0 Å². The highest BCUT2D eigenvalue weighted by Gasteiger charge is 2.57. The summed E-state index contributed by atoms with van der Waals surface area (Å²) in [5, 5.41) is 0. The van der Waals surface area contributed by atoms with Crippen molar-refractivity contribution < 1.29 is 16.8 Å². The molecule has 1 aliphatic rings. The Hall–Kier alpha value is -0.100. The molecule has 0 bridgehead atoms. The van der Waals surface area contributed by atoms with E-state index < -0.39 is 29.7 Å². The largest absolute Gasteiger partial charge is 0.227 e. The molecule has 6 heteroatoms. The fraction of sp³-hybridized carbons (Fsp3) is 1.00. The summed E-state index contributed by atoms with van der Waals surface area (Å²) in [7, 11) is -6.96. The molecule has 4 nitrogen and oxygen atoms in total. The van der Waals surface area contributed by atoms with Gasteiger partial charge in [0.05, 0.1) is 11.5 Å². The van der Waals surface area contributed by atoms with Crippen molar-refractivity contribution in [3.8, 4) is 0 Å². The summed E-state index contributed by atoms with van der Waals surface area (Å²) in [4.78, 5) is 0. The number of hydrogen-bond acceptors (Lipinski definition) is 4. The van der Waals surface area contributed by atoms with Gasteiger partial charge in [-0.2, -0.15) is 0 Å². The molecule has 0 aliphatic carbocycles. The molecule has 0 unspecified atom stereocenters. The van der Waals surface area contributed by atoms with E-state index in [1.807, 2.05) is 0 Å². The highest BCUT2D eigenvalue weighted by Crippen LogP contribution is 2.38. The molecular formula is C7H14O4S2. The summed E-state index contributed by atoms with van der Waals surface area (Å²) < 4.78 is 44.7. The van der Waals surface area contributed by atoms with Crippen LogP contribution >= 0.6 is 0 Å². The molecule has 1 saturated heterocycles. The van der Waals surface area contributed by atoms with Gasteiger partial charge in [0.15, 0.2) is 23.8 Å². The van der Waals surface area contributed by atoms with Crippen LogP contribution in [-0.2, 0) is 19.7 Å². The first-order chi connectivity index (χ1) is 5.65. The lowest BCUT2D eigenvalue weighted by Crippen LogP contribution is -2.42. The average Bonchev–Trinajstić information content (AvgIpc) is 2.12. The fourth-order valence-electron chi connectivity index (χ4n) is 1.54. The van der Waals surface area contributed by atoms with Crippen LogP contribution in [0.2, 0.25) is 0 Å². The van der Waals surface area contributed by atoms with Crippen LogP contribution in [0.25, 0.3) is 0 Å². The quantitative estimate of drug-likeness (QED) is 0.640. The summed E-state index contributed by atoms with van der Waals surface area (Å²) in [6, 6.07) is 0. The standard InChI is InChI=1S/C7H14O4S2/c1-6(2)7(3)12(8,9)4-5-13(7,10)11/h6H,4-5H2,1-3H3. The third-order valence-electron chi connectivity index (χ3n) is 2.90. The molecule has 0 N–H and O–H groups in total. The molecular weight excluding hydrogens is 212 g/mol. The first-order valence-corrected chi connectivity index (χ1v) is 7.40. The minimum Gasteiger partial charge on any atom is -0.227 e. The first-order valence-electron chi connectivity index (χ1n) is 4.10. The van der Waals surface area contributed by atoms with Gasteiger partial charge >= 0.3 is 0 Å². The summed E-state index contributed by atoms with van der Waals surface area (Å²) in [5.41, 5.74) is 0. The molecule has 1 heterocycles. The molecule has 1 rings (SSSR count). The molecule has 1 fully saturated rings. The lowest BCUT2D eigenvalue weighted by Gasteiger charge is -2.25. The van der Waals surface area contributed by atoms with Crippen molar-refractivity contribution >= 4 is 19.7 Å². The predicted molar refractivity (Wildman–Crippen MR) is 50.8 cm³/mol. The van der Waals surface area contributed by atoms with E-state index in [9.17, 15) is 16.8 Å². The zero-order valence-electron chi connectivity index (χ0n) is 7.94. The van der Waals surface area contributed by atoms with Crippen LogP contribution in [0.15, 0.2) is 0 Å². The Bertz CT molecular complexity index is 368. The van der Waals surface area contributed by atoms with Gasteiger partial charge in [-0.15, -0.1) is 0 Å². The van der Waals surface area contributed by atoms with E-state index >= 15 is 0 Å². The van der Waals surface area contributed by atoms with Gasteiger partial charge in [-0.25, -0.2) is 16.8 Å². The molecule has 13 heavy (non-hydrogen) atoms. The van der Waals surface area contributed by atoms with Gasteiger partial charge in [0, 0.05) is 0 Å². The molecule has 0 spiro atoms. The highest BCUT2D eigenvalue weighted by molar-refractivity contribution is 8.13. The Kier molecular flexibility index (Phi) is 2.28. The Morgan fingerprint density at radius 3 is 1.46 bits per heavy atom. The Balaban J connectivity index is 3.49. The van der Waals surface area contributed by atoms with Crippen molar-refractivity contribution in [3.05, 3.63) is 0 Å². The average molecular weight is 226 g/mol. The van der Waals surface area contributed by atoms with Gasteiger partial charge in [-0.1, -0.05) is 13.8 Å². The van der Waals surface area contributed by atoms with E-state index in [1.54, 1.807) is 13.8 Å². The predicted octanol–water partition coefficient (Wildman–Crippen LogP) is 0.202. The molecule has 0 aromatic rings. The maximum Gasteiger partial charge on any atom is 0.172 e. The summed E-state index contributed by atoms with van der Waals surface area (Å²) in [5.74, 6) is -0.862. The van der Waals surface area contributed by atoms with Crippen LogP contribution in [0.4, 0.5) is 0 Å². The van der Waals surface area contributed by atoms with E-state index in [2.05, 4.69) is 0 Å². The molecule has 0 amide bonds. The summed E-state index contributed by atoms with van der Waals surface area (Å²) in [6.45, 7) is 4.57. The molecule has 0 aromatic carbocycles. The van der Waals surface area contributed by atoms with Crippen molar-refractivity contribution in [1.82, 2.24) is 0 Å². The van der Waals surface area contributed by atoms with E-state index in [4.69, 9.17) is 0 Å². The summed E-state index contributed by atoms with van der Waals surface area (Å²) >= 11 is 0. The Morgan fingerprint density at radius 1 is 1.00 bits per heavy atom. The Labute approximate surface area is 79.2 Å². The summed E-state index contributed by atoms with van der Waals surface area (Å²) in [6.07, 6.45) is 0. The number of sulfone groups is 2. The topological polar surface area (TPSA) is 68.3 Å². The molecule has 0 atom stereocenters. The number of hydrogen-bond donors (Lipinski definition) is 0. The maximum absolute atomic E-state index is 11.6. The second kappa shape index (κ2) is 2.70. The van der Waals surface area contributed by atoms with Crippen LogP contribution in [0.1, 0.15) is 20.8 Å². The lowest BCUT2D eigenvalue weighted by atomic mass is 10.1. The zero-order chi connectivity index (χ0) is 10.5. The van der Waals surface area contributed by atoms with Gasteiger partial charge in [-0.05, 0) is 12.8 Å². The van der Waals surface area contributed by atoms with E-state index in [1.165, 1.54) is 6.92 Å². The minimum absolute atomic E-state index is 0.232. The van der Waals surface area contributed by atoms with Crippen LogP contribution in [0.3, 0.4) is 0 Å². The SMILES string of the molecule is CC(C)C1(C)S(=O)(=O)CCS1(=O)=O. The fourth-order valence-corrected chi connectivity index (χ4v) is 7.59. The number of rotatable bonds is 1.